The molecule has 4 nitrogen and oxygen atoms in total. The van der Waals surface area contributed by atoms with Crippen molar-refractivity contribution in [1.29, 1.82) is 0 Å². The van der Waals surface area contributed by atoms with E-state index in [1.54, 1.807) is 0 Å². The molecule has 55 heavy (non-hydrogen) atoms. The summed E-state index contributed by atoms with van der Waals surface area (Å²) in [5, 5.41) is 2.30. The monoisotopic (exact) mass is 704 g/mol. The molecule has 0 saturated carbocycles. The lowest BCUT2D eigenvalue weighted by molar-refractivity contribution is 0.953. The van der Waals surface area contributed by atoms with Gasteiger partial charge in [0.2, 0.25) is 5.95 Å². The average molecular weight is 705 g/mol. The summed E-state index contributed by atoms with van der Waals surface area (Å²) in [6, 6.07) is 60.2. The van der Waals surface area contributed by atoms with Crippen LogP contribution >= 0.6 is 0 Å². The fourth-order valence-corrected chi connectivity index (χ4v) is 7.94. The minimum absolute atomic E-state index is 0.584. The van der Waals surface area contributed by atoms with Gasteiger partial charge in [0.1, 0.15) is 0 Å². The van der Waals surface area contributed by atoms with Gasteiger partial charge in [-0.15, -0.1) is 0 Å². The number of aromatic nitrogens is 4. The van der Waals surface area contributed by atoms with Gasteiger partial charge in [0.15, 0.2) is 11.6 Å². The van der Waals surface area contributed by atoms with Crippen molar-refractivity contribution < 1.29 is 0 Å². The summed E-state index contributed by atoms with van der Waals surface area (Å²) in [6.07, 6.45) is 10.6. The van der Waals surface area contributed by atoms with Crippen LogP contribution in [0.5, 0.6) is 0 Å². The van der Waals surface area contributed by atoms with Gasteiger partial charge in [-0.3, -0.25) is 4.57 Å². The molecule has 0 radical (unpaired) electrons. The zero-order valence-corrected chi connectivity index (χ0v) is 30.2. The Morgan fingerprint density at radius 1 is 0.364 bits per heavy atom. The molecule has 0 fully saturated rings. The number of hydrogen-bond donors (Lipinski definition) is 0. The zero-order chi connectivity index (χ0) is 36.6. The van der Waals surface area contributed by atoms with Crippen LogP contribution in [0.25, 0.3) is 83.9 Å². The Labute approximate surface area is 320 Å². The van der Waals surface area contributed by atoms with Gasteiger partial charge in [-0.2, -0.15) is 9.97 Å². The Kier molecular flexibility index (Phi) is 8.27. The lowest BCUT2D eigenvalue weighted by atomic mass is 9.88. The lowest BCUT2D eigenvalue weighted by Crippen LogP contribution is -2.06. The molecule has 260 valence electrons. The maximum Gasteiger partial charge on any atom is 0.238 e. The number of nitrogens with zero attached hydrogens (tertiary/aromatic N) is 4. The van der Waals surface area contributed by atoms with E-state index in [9.17, 15) is 0 Å². The Bertz CT molecular complexity index is 2860. The predicted molar refractivity (Wildman–Crippen MR) is 227 cm³/mol. The van der Waals surface area contributed by atoms with Crippen LogP contribution < -0.4 is 0 Å². The van der Waals surface area contributed by atoms with E-state index in [0.717, 1.165) is 51.3 Å². The molecule has 0 atom stereocenters. The number of hydrogen-bond acceptors (Lipinski definition) is 3. The van der Waals surface area contributed by atoms with E-state index in [1.165, 1.54) is 38.9 Å². The van der Waals surface area contributed by atoms with Crippen LogP contribution in [0.4, 0.5) is 0 Å². The smallest absolute Gasteiger partial charge is 0.238 e. The highest BCUT2D eigenvalue weighted by Gasteiger charge is 2.19. The number of allylic oxidation sites excluding steroid dienone is 4. The fraction of sp³-hybridized carbons (Fsp3) is 0.0392. The van der Waals surface area contributed by atoms with Crippen LogP contribution in [0.15, 0.2) is 194 Å². The third kappa shape index (κ3) is 6.04. The summed E-state index contributed by atoms with van der Waals surface area (Å²) < 4.78 is 2.20. The highest BCUT2D eigenvalue weighted by molar-refractivity contribution is 6.10. The van der Waals surface area contributed by atoms with E-state index < -0.39 is 0 Å². The van der Waals surface area contributed by atoms with Crippen molar-refractivity contribution in [3.8, 4) is 62.1 Å². The fourth-order valence-electron chi connectivity index (χ4n) is 7.94. The first-order valence-corrected chi connectivity index (χ1v) is 18.8. The molecule has 4 heteroatoms. The van der Waals surface area contributed by atoms with Crippen molar-refractivity contribution in [2.45, 2.75) is 12.8 Å². The molecule has 1 aliphatic rings. The molecule has 0 amide bonds. The largest absolute Gasteiger partial charge is 0.278 e. The summed E-state index contributed by atoms with van der Waals surface area (Å²) in [5.74, 6) is 1.85. The second-order valence-corrected chi connectivity index (χ2v) is 13.9. The second-order valence-electron chi connectivity index (χ2n) is 13.9. The van der Waals surface area contributed by atoms with Crippen LogP contribution in [0.1, 0.15) is 11.1 Å². The van der Waals surface area contributed by atoms with E-state index in [2.05, 4.69) is 138 Å². The SMILES string of the molecule is C1=C\Cc2ccccc2-c2ccc(-c3ccccc3-c3ccc4c5ccccc5n(-c5nc(-c6ccccc6)nc(-c6ccccc6)n5)c4c3)cc2C\C=C/1. The quantitative estimate of drug-likeness (QED) is 0.179. The molecule has 2 aromatic heterocycles. The van der Waals surface area contributed by atoms with Gasteiger partial charge in [-0.1, -0.05) is 182 Å². The van der Waals surface area contributed by atoms with Gasteiger partial charge in [0.25, 0.3) is 0 Å². The summed E-state index contributed by atoms with van der Waals surface area (Å²) >= 11 is 0. The lowest BCUT2D eigenvalue weighted by Gasteiger charge is -2.17. The molecule has 0 N–H and O–H groups in total. The Balaban J connectivity index is 1.15. The maximum atomic E-state index is 5.15. The number of fused-ring (bicyclic) bond motifs is 6. The highest BCUT2D eigenvalue weighted by atomic mass is 15.2. The van der Waals surface area contributed by atoms with Gasteiger partial charge >= 0.3 is 0 Å². The normalized spacial score (nSPS) is 13.6. The van der Waals surface area contributed by atoms with E-state index in [0.29, 0.717) is 17.6 Å². The molecule has 2 heterocycles. The molecule has 0 unspecified atom stereocenters. The summed E-state index contributed by atoms with van der Waals surface area (Å²) in [7, 11) is 0. The Morgan fingerprint density at radius 2 is 0.891 bits per heavy atom. The first-order valence-electron chi connectivity index (χ1n) is 18.8. The van der Waals surface area contributed by atoms with Crippen molar-refractivity contribution in [2.75, 3.05) is 0 Å². The standard InChI is InChI=1S/C51H36N4/c1-2-6-23-38-33-39(29-31-44(38)41-24-12-11-18-35(41)17-5-1)42-25-13-14-26-43(42)40-30-32-46-45-27-15-16-28-47(45)55(48(46)34-40)51-53-49(36-19-7-3-8-20-36)52-50(54-51)37-21-9-4-10-22-37/h1-16,18-22,24-34H,17,23H2/b5-1-,6-2-. The van der Waals surface area contributed by atoms with E-state index in [1.807, 2.05) is 60.7 Å². The van der Waals surface area contributed by atoms with Gasteiger partial charge in [-0.25, -0.2) is 4.98 Å². The van der Waals surface area contributed by atoms with Crippen LogP contribution in [0.2, 0.25) is 0 Å². The molecule has 0 bridgehead atoms. The second kappa shape index (κ2) is 14.0. The molecule has 9 aromatic rings. The molecular weight excluding hydrogens is 669 g/mol. The number of benzene rings is 7. The zero-order valence-electron chi connectivity index (χ0n) is 30.2. The van der Waals surface area contributed by atoms with E-state index in [-0.39, 0.29) is 0 Å². The molecule has 0 saturated heterocycles. The molecule has 1 aliphatic carbocycles. The van der Waals surface area contributed by atoms with Crippen molar-refractivity contribution in [2.24, 2.45) is 0 Å². The predicted octanol–water partition coefficient (Wildman–Crippen LogP) is 12.5. The molecular formula is C51H36N4. The molecule has 7 aromatic carbocycles. The third-order valence-electron chi connectivity index (χ3n) is 10.6. The third-order valence-corrected chi connectivity index (χ3v) is 10.6. The molecule has 0 spiro atoms. The first kappa shape index (κ1) is 32.5. The van der Waals surface area contributed by atoms with Crippen molar-refractivity contribution in [3.63, 3.8) is 0 Å². The van der Waals surface area contributed by atoms with Gasteiger partial charge < -0.3 is 0 Å². The van der Waals surface area contributed by atoms with Gasteiger partial charge in [0.05, 0.1) is 11.0 Å². The topological polar surface area (TPSA) is 43.6 Å². The Morgan fingerprint density at radius 3 is 1.60 bits per heavy atom. The minimum Gasteiger partial charge on any atom is -0.278 e. The Hall–Kier alpha value is -7.17. The highest BCUT2D eigenvalue weighted by Crippen LogP contribution is 2.39. The van der Waals surface area contributed by atoms with Gasteiger partial charge in [0, 0.05) is 21.9 Å². The van der Waals surface area contributed by atoms with Crippen molar-refractivity contribution >= 4 is 21.8 Å². The van der Waals surface area contributed by atoms with Crippen LogP contribution in [0.3, 0.4) is 0 Å². The summed E-state index contributed by atoms with van der Waals surface area (Å²) in [6.45, 7) is 0. The number of para-hydroxylation sites is 1. The summed E-state index contributed by atoms with van der Waals surface area (Å²) in [5.41, 5.74) is 13.9. The summed E-state index contributed by atoms with van der Waals surface area (Å²) in [4.78, 5) is 15.3. The van der Waals surface area contributed by atoms with Crippen LogP contribution in [-0.4, -0.2) is 19.5 Å². The molecule has 10 rings (SSSR count). The van der Waals surface area contributed by atoms with E-state index in [4.69, 9.17) is 15.0 Å². The minimum atomic E-state index is 0.584. The van der Waals surface area contributed by atoms with E-state index >= 15 is 0 Å². The van der Waals surface area contributed by atoms with Crippen LogP contribution in [-0.2, 0) is 12.8 Å². The number of rotatable bonds is 5. The first-order chi connectivity index (χ1) is 27.3. The average Bonchev–Trinajstić information content (AvgIpc) is 3.59. The van der Waals surface area contributed by atoms with Gasteiger partial charge in [-0.05, 0) is 69.5 Å². The molecule has 0 aliphatic heterocycles. The maximum absolute atomic E-state index is 5.15. The van der Waals surface area contributed by atoms with Crippen LogP contribution in [0, 0.1) is 0 Å². The van der Waals surface area contributed by atoms with Crippen molar-refractivity contribution in [3.05, 3.63) is 205 Å². The van der Waals surface area contributed by atoms with Crippen molar-refractivity contribution in [1.82, 2.24) is 19.5 Å².